The van der Waals surface area contributed by atoms with E-state index in [1.165, 1.54) is 25.7 Å². The number of allylic oxidation sites excluding steroid dienone is 1. The Bertz CT molecular complexity index is 780. The summed E-state index contributed by atoms with van der Waals surface area (Å²) in [6.07, 6.45) is 17.7. The fraction of sp³-hybridized carbons (Fsp3) is 0.857. The fourth-order valence-electron chi connectivity index (χ4n) is 5.70. The molecule has 0 radical (unpaired) electrons. The lowest BCUT2D eigenvalue weighted by Gasteiger charge is -2.19. The summed E-state index contributed by atoms with van der Waals surface area (Å²) >= 11 is 0. The van der Waals surface area contributed by atoms with E-state index in [0.717, 1.165) is 63.7 Å². The van der Waals surface area contributed by atoms with Gasteiger partial charge >= 0.3 is 11.9 Å². The van der Waals surface area contributed by atoms with E-state index in [1.54, 1.807) is 12.2 Å². The van der Waals surface area contributed by atoms with E-state index in [-0.39, 0.29) is 43.0 Å². The first kappa shape index (κ1) is 39.3. The fourth-order valence-corrected chi connectivity index (χ4v) is 5.70. The van der Waals surface area contributed by atoms with Gasteiger partial charge in [-0.05, 0) is 37.5 Å². The molecule has 0 unspecified atom stereocenters. The molecule has 1 aliphatic rings. The molecule has 1 rings (SSSR count). The molecule has 3 N–H and O–H groups in total. The van der Waals surface area contributed by atoms with Gasteiger partial charge in [-0.1, -0.05) is 110 Å². The van der Waals surface area contributed by atoms with Gasteiger partial charge in [0, 0.05) is 25.2 Å². The molecule has 1 saturated carbocycles. The van der Waals surface area contributed by atoms with Crippen LogP contribution in [0.5, 0.6) is 0 Å². The van der Waals surface area contributed by atoms with E-state index in [9.17, 15) is 29.7 Å². The third-order valence-electron chi connectivity index (χ3n) is 8.39. The summed E-state index contributed by atoms with van der Waals surface area (Å²) in [5.74, 6) is -0.451. The van der Waals surface area contributed by atoms with Gasteiger partial charge in [0.2, 0.25) is 0 Å². The number of aliphatic hydroxyl groups excluding tert-OH is 3. The molecule has 43 heavy (non-hydrogen) atoms. The van der Waals surface area contributed by atoms with Crippen molar-refractivity contribution >= 4 is 17.7 Å². The quantitative estimate of drug-likeness (QED) is 0.0566. The van der Waals surface area contributed by atoms with Crippen LogP contribution in [0.4, 0.5) is 0 Å². The van der Waals surface area contributed by atoms with Crippen LogP contribution in [-0.4, -0.2) is 64.6 Å². The maximum absolute atomic E-state index is 12.4. The standard InChI is InChI=1S/C35H62O8/c1-4-5-12-18-28(37)22-23-31-30(32(38)24-33(31)39)19-14-10-11-16-21-35(41)43-29(25-36)26-42-34(40)20-15-9-7-6-8-13-17-27(2)3/h22-23,27-32,36-38H,4-21,24-26H2,1-3H3/b23-22+/t28-,29-,30+,31+,32-/m0/s1. The Balaban J connectivity index is 2.18. The number of Topliss-reactive ketones (excluding diaryl/α,β-unsaturated/α-hetero) is 1. The van der Waals surface area contributed by atoms with E-state index in [2.05, 4.69) is 20.8 Å². The smallest absolute Gasteiger partial charge is 0.306 e. The van der Waals surface area contributed by atoms with Crippen molar-refractivity contribution < 1.29 is 39.2 Å². The average molecular weight is 611 g/mol. The summed E-state index contributed by atoms with van der Waals surface area (Å²) in [6.45, 7) is 6.06. The minimum atomic E-state index is -0.853. The van der Waals surface area contributed by atoms with Gasteiger partial charge in [-0.25, -0.2) is 0 Å². The number of rotatable bonds is 26. The van der Waals surface area contributed by atoms with Gasteiger partial charge in [0.05, 0.1) is 18.8 Å². The van der Waals surface area contributed by atoms with Gasteiger partial charge in [-0.3, -0.25) is 14.4 Å². The third-order valence-corrected chi connectivity index (χ3v) is 8.39. The summed E-state index contributed by atoms with van der Waals surface area (Å²) < 4.78 is 10.5. The average Bonchev–Trinajstić information content (AvgIpc) is 3.24. The number of ether oxygens (including phenoxy) is 2. The second-order valence-electron chi connectivity index (χ2n) is 12.9. The van der Waals surface area contributed by atoms with Gasteiger partial charge in [0.15, 0.2) is 6.10 Å². The normalized spacial score (nSPS) is 20.2. The van der Waals surface area contributed by atoms with Crippen LogP contribution in [0.25, 0.3) is 0 Å². The maximum atomic E-state index is 12.4. The van der Waals surface area contributed by atoms with Gasteiger partial charge in [-0.2, -0.15) is 0 Å². The van der Waals surface area contributed by atoms with Crippen molar-refractivity contribution in [1.29, 1.82) is 0 Å². The molecule has 0 spiro atoms. The summed E-state index contributed by atoms with van der Waals surface area (Å²) in [5, 5.41) is 30.1. The first-order valence-corrected chi connectivity index (χ1v) is 17.2. The largest absolute Gasteiger partial charge is 0.462 e. The summed E-state index contributed by atoms with van der Waals surface area (Å²) in [4.78, 5) is 36.6. The van der Waals surface area contributed by atoms with Crippen LogP contribution in [-0.2, 0) is 23.9 Å². The van der Waals surface area contributed by atoms with E-state index in [1.807, 2.05) is 0 Å². The Hall–Kier alpha value is -1.77. The highest BCUT2D eigenvalue weighted by molar-refractivity contribution is 5.86. The predicted octanol–water partition coefficient (Wildman–Crippen LogP) is 6.61. The highest BCUT2D eigenvalue weighted by Gasteiger charge is 2.39. The molecular formula is C35H62O8. The Morgan fingerprint density at radius 3 is 2.14 bits per heavy atom. The minimum Gasteiger partial charge on any atom is -0.462 e. The van der Waals surface area contributed by atoms with Crippen LogP contribution >= 0.6 is 0 Å². The number of esters is 2. The van der Waals surface area contributed by atoms with Crippen molar-refractivity contribution in [2.24, 2.45) is 17.8 Å². The second kappa shape index (κ2) is 24.5. The Kier molecular flexibility index (Phi) is 22.4. The molecule has 0 aromatic rings. The summed E-state index contributed by atoms with van der Waals surface area (Å²) in [7, 11) is 0. The number of aliphatic hydroxyl groups is 3. The molecule has 250 valence electrons. The lowest BCUT2D eigenvalue weighted by molar-refractivity contribution is -0.161. The summed E-state index contributed by atoms with van der Waals surface area (Å²) in [6, 6.07) is 0. The van der Waals surface area contributed by atoms with Gasteiger partial charge < -0.3 is 24.8 Å². The number of carbonyl (C=O) groups is 3. The van der Waals surface area contributed by atoms with Crippen LogP contribution in [0.2, 0.25) is 0 Å². The molecule has 0 aliphatic heterocycles. The first-order valence-electron chi connectivity index (χ1n) is 17.2. The van der Waals surface area contributed by atoms with Crippen LogP contribution in [0.1, 0.15) is 143 Å². The van der Waals surface area contributed by atoms with E-state index in [0.29, 0.717) is 25.7 Å². The van der Waals surface area contributed by atoms with Crippen molar-refractivity contribution in [1.82, 2.24) is 0 Å². The highest BCUT2D eigenvalue weighted by atomic mass is 16.6. The van der Waals surface area contributed by atoms with Gasteiger partial charge in [-0.15, -0.1) is 0 Å². The first-order chi connectivity index (χ1) is 20.7. The van der Waals surface area contributed by atoms with Crippen molar-refractivity contribution in [3.8, 4) is 0 Å². The van der Waals surface area contributed by atoms with Crippen molar-refractivity contribution in [3.63, 3.8) is 0 Å². The Morgan fingerprint density at radius 2 is 1.49 bits per heavy atom. The Morgan fingerprint density at radius 1 is 0.884 bits per heavy atom. The SMILES string of the molecule is CCCCC[C@H](O)/C=C/[C@H]1C(=O)C[C@H](O)[C@@H]1CCCCCCC(=O)O[C@@H](CO)COC(=O)CCCCCCCCC(C)C. The predicted molar refractivity (Wildman–Crippen MR) is 169 cm³/mol. The van der Waals surface area contributed by atoms with E-state index in [4.69, 9.17) is 9.47 Å². The van der Waals surface area contributed by atoms with Crippen LogP contribution in [0.3, 0.4) is 0 Å². The summed E-state index contributed by atoms with van der Waals surface area (Å²) in [5.41, 5.74) is 0. The molecule has 8 heteroatoms. The third kappa shape index (κ3) is 19.3. The number of carbonyl (C=O) groups excluding carboxylic acids is 3. The number of hydrogen-bond acceptors (Lipinski definition) is 8. The molecule has 5 atom stereocenters. The zero-order valence-corrected chi connectivity index (χ0v) is 27.4. The highest BCUT2D eigenvalue weighted by Crippen LogP contribution is 2.34. The van der Waals surface area contributed by atoms with Crippen molar-refractivity contribution in [2.45, 2.75) is 161 Å². The molecule has 8 nitrogen and oxygen atoms in total. The van der Waals surface area contributed by atoms with E-state index >= 15 is 0 Å². The maximum Gasteiger partial charge on any atom is 0.306 e. The lowest BCUT2D eigenvalue weighted by Crippen LogP contribution is -2.28. The van der Waals surface area contributed by atoms with Crippen LogP contribution in [0, 0.1) is 17.8 Å². The molecule has 1 fully saturated rings. The minimum absolute atomic E-state index is 0.0317. The molecule has 0 saturated heterocycles. The monoisotopic (exact) mass is 610 g/mol. The zero-order valence-electron chi connectivity index (χ0n) is 27.4. The molecule has 0 aromatic heterocycles. The number of hydrogen-bond donors (Lipinski definition) is 3. The molecule has 0 bridgehead atoms. The van der Waals surface area contributed by atoms with Gasteiger partial charge in [0.1, 0.15) is 12.4 Å². The number of unbranched alkanes of at least 4 members (excludes halogenated alkanes) is 10. The topological polar surface area (TPSA) is 130 Å². The molecule has 0 amide bonds. The molecular weight excluding hydrogens is 548 g/mol. The molecule has 1 aliphatic carbocycles. The molecule has 0 heterocycles. The number of ketones is 1. The Labute approximate surface area is 261 Å². The van der Waals surface area contributed by atoms with Crippen LogP contribution in [0.15, 0.2) is 12.2 Å². The van der Waals surface area contributed by atoms with Crippen molar-refractivity contribution in [2.75, 3.05) is 13.2 Å². The second-order valence-corrected chi connectivity index (χ2v) is 12.9. The van der Waals surface area contributed by atoms with Gasteiger partial charge in [0.25, 0.3) is 0 Å². The van der Waals surface area contributed by atoms with E-state index < -0.39 is 30.9 Å². The lowest BCUT2D eigenvalue weighted by atomic mass is 9.88. The molecule has 0 aromatic carbocycles. The van der Waals surface area contributed by atoms with Crippen LogP contribution < -0.4 is 0 Å². The van der Waals surface area contributed by atoms with Crippen molar-refractivity contribution in [3.05, 3.63) is 12.2 Å². The zero-order chi connectivity index (χ0) is 31.9.